The average Bonchev–Trinajstić information content (AvgIpc) is 2.73. The monoisotopic (exact) mass is 433 g/mol. The summed E-state index contributed by atoms with van der Waals surface area (Å²) in [6, 6.07) is 15.6. The van der Waals surface area contributed by atoms with E-state index < -0.39 is 12.5 Å². The molecular weight excluding hydrogens is 405 g/mol. The standard InChI is InChI=1S/C21H28N3O5P/c1-4-28-30(27,29-5-2)21(23-19-11-13-20(14-12-19)24(25)26)15-17(3)22-16-18-9-7-6-8-10-18/h6-15,17,22-23H,4-5,16H2,1-3H3/b21-15-. The Kier molecular flexibility index (Phi) is 9.20. The minimum atomic E-state index is -3.60. The summed E-state index contributed by atoms with van der Waals surface area (Å²) in [6.45, 7) is 6.48. The van der Waals surface area contributed by atoms with Crippen LogP contribution in [-0.2, 0) is 20.2 Å². The highest BCUT2D eigenvalue weighted by atomic mass is 31.2. The molecule has 2 aromatic carbocycles. The van der Waals surface area contributed by atoms with Crippen molar-refractivity contribution >= 4 is 19.0 Å². The Morgan fingerprint density at radius 3 is 2.23 bits per heavy atom. The Bertz CT molecular complexity index is 877. The largest absolute Gasteiger partial charge is 0.377 e. The summed E-state index contributed by atoms with van der Waals surface area (Å²) in [5, 5.41) is 17.3. The number of hydrogen-bond acceptors (Lipinski definition) is 7. The van der Waals surface area contributed by atoms with Gasteiger partial charge in [-0.05, 0) is 44.5 Å². The van der Waals surface area contributed by atoms with Gasteiger partial charge in [0, 0.05) is 30.4 Å². The fourth-order valence-electron chi connectivity index (χ4n) is 2.70. The van der Waals surface area contributed by atoms with Crippen LogP contribution < -0.4 is 10.6 Å². The Hall–Kier alpha value is -2.51. The van der Waals surface area contributed by atoms with Gasteiger partial charge < -0.3 is 19.7 Å². The van der Waals surface area contributed by atoms with Gasteiger partial charge in [-0.1, -0.05) is 30.3 Å². The molecule has 1 unspecified atom stereocenters. The molecule has 0 aliphatic rings. The normalized spacial score (nSPS) is 13.1. The Labute approximate surface area is 177 Å². The highest BCUT2D eigenvalue weighted by Crippen LogP contribution is 2.56. The predicted molar refractivity (Wildman–Crippen MR) is 118 cm³/mol. The first-order valence-electron chi connectivity index (χ1n) is 9.78. The van der Waals surface area contributed by atoms with Gasteiger partial charge in [0.1, 0.15) is 5.44 Å². The van der Waals surface area contributed by atoms with Crippen molar-refractivity contribution in [1.29, 1.82) is 0 Å². The van der Waals surface area contributed by atoms with Crippen molar-refractivity contribution in [3.63, 3.8) is 0 Å². The molecule has 0 heterocycles. The van der Waals surface area contributed by atoms with Crippen LogP contribution in [0, 0.1) is 10.1 Å². The molecule has 0 amide bonds. The van der Waals surface area contributed by atoms with E-state index in [2.05, 4.69) is 10.6 Å². The molecule has 162 valence electrons. The number of benzene rings is 2. The molecule has 2 aromatic rings. The lowest BCUT2D eigenvalue weighted by Crippen LogP contribution is -2.24. The Balaban J connectivity index is 2.25. The molecule has 30 heavy (non-hydrogen) atoms. The molecule has 0 spiro atoms. The second-order valence-electron chi connectivity index (χ2n) is 6.47. The number of nitrogens with zero attached hydrogens (tertiary/aromatic N) is 1. The fraction of sp³-hybridized carbons (Fsp3) is 0.333. The van der Waals surface area contributed by atoms with Crippen molar-refractivity contribution in [2.75, 3.05) is 18.5 Å². The maximum Gasteiger partial charge on any atom is 0.377 e. The molecule has 0 radical (unpaired) electrons. The molecule has 0 aromatic heterocycles. The lowest BCUT2D eigenvalue weighted by Gasteiger charge is -2.23. The van der Waals surface area contributed by atoms with E-state index >= 15 is 0 Å². The van der Waals surface area contributed by atoms with E-state index in [-0.39, 0.29) is 30.4 Å². The van der Waals surface area contributed by atoms with Crippen molar-refractivity contribution in [2.45, 2.75) is 33.4 Å². The van der Waals surface area contributed by atoms with Gasteiger partial charge in [0.25, 0.3) is 5.69 Å². The van der Waals surface area contributed by atoms with Gasteiger partial charge in [0.05, 0.1) is 18.1 Å². The summed E-state index contributed by atoms with van der Waals surface area (Å²) >= 11 is 0. The van der Waals surface area contributed by atoms with Crippen molar-refractivity contribution in [3.05, 3.63) is 81.8 Å². The number of anilines is 1. The molecule has 0 fully saturated rings. The highest BCUT2D eigenvalue weighted by molar-refractivity contribution is 7.58. The molecule has 0 saturated heterocycles. The second kappa shape index (κ2) is 11.6. The lowest BCUT2D eigenvalue weighted by molar-refractivity contribution is -0.384. The highest BCUT2D eigenvalue weighted by Gasteiger charge is 2.30. The summed E-state index contributed by atoms with van der Waals surface area (Å²) in [6.07, 6.45) is 1.76. The molecule has 9 heteroatoms. The summed E-state index contributed by atoms with van der Waals surface area (Å²) < 4.78 is 24.4. The van der Waals surface area contributed by atoms with Crippen LogP contribution in [0.5, 0.6) is 0 Å². The van der Waals surface area contributed by atoms with Crippen LogP contribution in [0.25, 0.3) is 0 Å². The van der Waals surface area contributed by atoms with Crippen LogP contribution in [0.2, 0.25) is 0 Å². The van der Waals surface area contributed by atoms with Gasteiger partial charge in [-0.25, -0.2) is 0 Å². The van der Waals surface area contributed by atoms with Crippen LogP contribution in [0.3, 0.4) is 0 Å². The van der Waals surface area contributed by atoms with Crippen LogP contribution >= 0.6 is 7.60 Å². The van der Waals surface area contributed by atoms with Crippen LogP contribution in [-0.4, -0.2) is 24.2 Å². The summed E-state index contributed by atoms with van der Waals surface area (Å²) in [5.41, 5.74) is 1.93. The average molecular weight is 433 g/mol. The first-order valence-corrected chi connectivity index (χ1v) is 11.3. The Morgan fingerprint density at radius 2 is 1.70 bits per heavy atom. The fourth-order valence-corrected chi connectivity index (χ4v) is 4.41. The van der Waals surface area contributed by atoms with Crippen molar-refractivity contribution < 1.29 is 18.5 Å². The topological polar surface area (TPSA) is 103 Å². The number of hydrogen-bond donors (Lipinski definition) is 2. The zero-order valence-electron chi connectivity index (χ0n) is 17.4. The number of nitrogens with one attached hydrogen (secondary N) is 2. The SMILES string of the molecule is CCOP(=O)(OCC)/C(=C\C(C)NCc1ccccc1)Nc1ccc([N+](=O)[O-])cc1. The van der Waals surface area contributed by atoms with Crippen LogP contribution in [0.4, 0.5) is 11.4 Å². The van der Waals surface area contributed by atoms with E-state index in [0.29, 0.717) is 12.2 Å². The third-order valence-corrected chi connectivity index (χ3v) is 6.17. The first kappa shape index (κ1) is 23.8. The molecule has 2 N–H and O–H groups in total. The minimum absolute atomic E-state index is 0.0261. The zero-order chi connectivity index (χ0) is 22.0. The van der Waals surface area contributed by atoms with Crippen LogP contribution in [0.1, 0.15) is 26.3 Å². The van der Waals surface area contributed by atoms with Gasteiger partial charge in [0.15, 0.2) is 0 Å². The maximum absolute atomic E-state index is 13.4. The molecule has 0 aliphatic heterocycles. The van der Waals surface area contributed by atoms with Crippen molar-refractivity contribution in [3.8, 4) is 0 Å². The maximum atomic E-state index is 13.4. The van der Waals surface area contributed by atoms with Crippen molar-refractivity contribution in [2.24, 2.45) is 0 Å². The van der Waals surface area contributed by atoms with E-state index in [1.165, 1.54) is 12.1 Å². The first-order chi connectivity index (χ1) is 14.4. The summed E-state index contributed by atoms with van der Waals surface area (Å²) in [4.78, 5) is 10.4. The van der Waals surface area contributed by atoms with E-state index in [1.54, 1.807) is 32.1 Å². The number of rotatable bonds is 12. The van der Waals surface area contributed by atoms with Crippen molar-refractivity contribution in [1.82, 2.24) is 5.32 Å². The summed E-state index contributed by atoms with van der Waals surface area (Å²) in [7, 11) is -3.60. The predicted octanol–water partition coefficient (Wildman–Crippen LogP) is 5.29. The number of nitro benzene ring substituents is 1. The number of nitro groups is 1. The van der Waals surface area contributed by atoms with Gasteiger partial charge in [-0.2, -0.15) is 0 Å². The van der Waals surface area contributed by atoms with Gasteiger partial charge >= 0.3 is 7.60 Å². The zero-order valence-corrected chi connectivity index (χ0v) is 18.3. The van der Waals surface area contributed by atoms with E-state index in [4.69, 9.17) is 9.05 Å². The second-order valence-corrected chi connectivity index (χ2v) is 8.46. The molecular formula is C21H28N3O5P. The van der Waals surface area contributed by atoms with Gasteiger partial charge in [-0.3, -0.25) is 14.7 Å². The molecule has 2 rings (SSSR count). The molecule has 0 aliphatic carbocycles. The lowest BCUT2D eigenvalue weighted by atomic mass is 10.2. The van der Waals surface area contributed by atoms with Gasteiger partial charge in [0.2, 0.25) is 0 Å². The molecule has 8 nitrogen and oxygen atoms in total. The smallest absolute Gasteiger partial charge is 0.349 e. The summed E-state index contributed by atoms with van der Waals surface area (Å²) in [5.74, 6) is 0. The van der Waals surface area contributed by atoms with E-state index in [0.717, 1.165) is 5.56 Å². The van der Waals surface area contributed by atoms with E-state index in [9.17, 15) is 14.7 Å². The minimum Gasteiger partial charge on any atom is -0.349 e. The van der Waals surface area contributed by atoms with Gasteiger partial charge in [-0.15, -0.1) is 0 Å². The van der Waals surface area contributed by atoms with Crippen LogP contribution in [0.15, 0.2) is 66.1 Å². The molecule has 0 saturated carbocycles. The molecule has 1 atom stereocenters. The van der Waals surface area contributed by atoms with E-state index in [1.807, 2.05) is 37.3 Å². The third kappa shape index (κ3) is 7.07. The quantitative estimate of drug-likeness (QED) is 0.266. The molecule has 0 bridgehead atoms. The third-order valence-electron chi connectivity index (χ3n) is 4.12. The number of non-ortho nitro benzene ring substituents is 1. The Morgan fingerprint density at radius 1 is 1.10 bits per heavy atom.